The second kappa shape index (κ2) is 13.3. The van der Waals surface area contributed by atoms with Gasteiger partial charge in [0, 0.05) is 54.4 Å². The molecular formula is C28H34F3N5OS. The van der Waals surface area contributed by atoms with Gasteiger partial charge in [-0.1, -0.05) is 12.0 Å². The summed E-state index contributed by atoms with van der Waals surface area (Å²) in [7, 11) is 3.57. The fourth-order valence-corrected chi connectivity index (χ4v) is 5.15. The minimum atomic E-state index is -4.35. The van der Waals surface area contributed by atoms with E-state index in [4.69, 9.17) is 4.74 Å². The number of likely N-dealkylation sites (tertiary alicyclic amines) is 1. The number of anilines is 2. The molecule has 0 saturated carbocycles. The lowest BCUT2D eigenvalue weighted by molar-refractivity contribution is -0.140. The highest BCUT2D eigenvalue weighted by atomic mass is 32.2. The van der Waals surface area contributed by atoms with Crippen molar-refractivity contribution in [3.05, 3.63) is 54.2 Å². The molecule has 1 fully saturated rings. The van der Waals surface area contributed by atoms with Gasteiger partial charge in [-0.05, 0) is 80.2 Å². The van der Waals surface area contributed by atoms with E-state index in [0.717, 1.165) is 54.1 Å². The third-order valence-corrected chi connectivity index (χ3v) is 7.23. The van der Waals surface area contributed by atoms with Crippen molar-refractivity contribution < 1.29 is 17.9 Å². The highest BCUT2D eigenvalue weighted by Crippen LogP contribution is 2.31. The van der Waals surface area contributed by atoms with Crippen LogP contribution in [0.2, 0.25) is 0 Å². The van der Waals surface area contributed by atoms with Crippen LogP contribution in [0.15, 0.2) is 53.4 Å². The van der Waals surface area contributed by atoms with Gasteiger partial charge in [0.05, 0.1) is 24.4 Å². The average Bonchev–Trinajstić information content (AvgIpc) is 3.24. The van der Waals surface area contributed by atoms with E-state index in [1.54, 1.807) is 25.3 Å². The molecule has 2 heterocycles. The van der Waals surface area contributed by atoms with Crippen LogP contribution in [0.1, 0.15) is 18.5 Å². The van der Waals surface area contributed by atoms with E-state index < -0.39 is 12.7 Å². The van der Waals surface area contributed by atoms with Crippen LogP contribution >= 0.6 is 11.9 Å². The SMILES string of the molecule is CNSc1ccc(NCC#Cc2cc3c(NC4CCN(CCOC)CC4)cccc3n2CC(F)(F)F)cc1. The molecule has 3 aromatic rings. The van der Waals surface area contributed by atoms with Crippen LogP contribution in [0, 0.1) is 11.8 Å². The molecule has 1 aliphatic rings. The molecule has 0 unspecified atom stereocenters. The molecule has 4 rings (SSSR count). The second-order valence-corrected chi connectivity index (χ2v) is 10.3. The molecule has 38 heavy (non-hydrogen) atoms. The van der Waals surface area contributed by atoms with Crippen LogP contribution in [-0.2, 0) is 11.3 Å². The maximum atomic E-state index is 13.5. The Morgan fingerprint density at radius 2 is 1.87 bits per heavy atom. The first-order valence-electron chi connectivity index (χ1n) is 12.7. The first-order valence-corrected chi connectivity index (χ1v) is 13.5. The molecule has 0 bridgehead atoms. The lowest BCUT2D eigenvalue weighted by Crippen LogP contribution is -2.40. The smallest absolute Gasteiger partial charge is 0.383 e. The average molecular weight is 546 g/mol. The number of hydrogen-bond acceptors (Lipinski definition) is 6. The molecule has 0 radical (unpaired) electrons. The Balaban J connectivity index is 1.49. The summed E-state index contributed by atoms with van der Waals surface area (Å²) in [5.74, 6) is 5.97. The molecule has 204 valence electrons. The first-order chi connectivity index (χ1) is 18.4. The van der Waals surface area contributed by atoms with Crippen LogP contribution in [0.3, 0.4) is 0 Å². The molecule has 0 atom stereocenters. The number of aromatic nitrogens is 1. The molecule has 6 nitrogen and oxygen atoms in total. The van der Waals surface area contributed by atoms with Gasteiger partial charge in [-0.15, -0.1) is 0 Å². The zero-order chi connectivity index (χ0) is 27.0. The van der Waals surface area contributed by atoms with Crippen LogP contribution in [0.4, 0.5) is 24.5 Å². The van der Waals surface area contributed by atoms with Crippen LogP contribution in [0.25, 0.3) is 10.9 Å². The highest BCUT2D eigenvalue weighted by Gasteiger charge is 2.30. The van der Waals surface area contributed by atoms with Gasteiger partial charge >= 0.3 is 6.18 Å². The number of halogens is 3. The summed E-state index contributed by atoms with van der Waals surface area (Å²) in [5, 5.41) is 7.55. The summed E-state index contributed by atoms with van der Waals surface area (Å²) in [4.78, 5) is 3.46. The van der Waals surface area contributed by atoms with Gasteiger partial charge in [-0.2, -0.15) is 13.2 Å². The molecule has 0 aliphatic carbocycles. The maximum Gasteiger partial charge on any atom is 0.406 e. The lowest BCUT2D eigenvalue weighted by Gasteiger charge is -2.32. The molecule has 0 spiro atoms. The lowest BCUT2D eigenvalue weighted by atomic mass is 10.0. The number of alkyl halides is 3. The third-order valence-electron chi connectivity index (χ3n) is 6.51. The minimum absolute atomic E-state index is 0.266. The number of nitrogens with zero attached hydrogens (tertiary/aromatic N) is 2. The van der Waals surface area contributed by atoms with E-state index in [1.807, 2.05) is 37.4 Å². The molecule has 1 aromatic heterocycles. The molecular weight excluding hydrogens is 511 g/mol. The molecule has 1 aliphatic heterocycles. The number of fused-ring (bicyclic) bond motifs is 1. The number of ether oxygens (including phenoxy) is 1. The zero-order valence-corrected chi connectivity index (χ0v) is 22.5. The summed E-state index contributed by atoms with van der Waals surface area (Å²) >= 11 is 1.52. The fraction of sp³-hybridized carbons (Fsp3) is 0.429. The zero-order valence-electron chi connectivity index (χ0n) is 21.7. The molecule has 10 heteroatoms. The fourth-order valence-electron chi connectivity index (χ4n) is 4.64. The molecule has 0 amide bonds. The van der Waals surface area contributed by atoms with Crippen molar-refractivity contribution in [1.82, 2.24) is 14.2 Å². The van der Waals surface area contributed by atoms with Crippen molar-refractivity contribution in [2.75, 3.05) is 57.6 Å². The number of benzene rings is 2. The summed E-state index contributed by atoms with van der Waals surface area (Å²) in [6.45, 7) is 2.79. The van der Waals surface area contributed by atoms with Crippen LogP contribution in [-0.4, -0.2) is 68.6 Å². The van der Waals surface area contributed by atoms with Gasteiger partial charge in [0.25, 0.3) is 0 Å². The Bertz CT molecular complexity index is 1240. The Morgan fingerprint density at radius 1 is 1.11 bits per heavy atom. The van der Waals surface area contributed by atoms with Crippen LogP contribution in [0.5, 0.6) is 0 Å². The first kappa shape index (κ1) is 28.2. The third kappa shape index (κ3) is 7.84. The maximum absolute atomic E-state index is 13.5. The van der Waals surface area contributed by atoms with Crippen molar-refractivity contribution in [2.45, 2.75) is 36.5 Å². The van der Waals surface area contributed by atoms with E-state index in [2.05, 4.69) is 32.1 Å². The van der Waals surface area contributed by atoms with Crippen molar-refractivity contribution in [2.24, 2.45) is 0 Å². The van der Waals surface area contributed by atoms with Gasteiger partial charge in [0.1, 0.15) is 6.54 Å². The normalized spacial score (nSPS) is 14.9. The Kier molecular flexibility index (Phi) is 9.86. The van der Waals surface area contributed by atoms with Crippen molar-refractivity contribution in [1.29, 1.82) is 0 Å². The summed E-state index contributed by atoms with van der Waals surface area (Å²) in [5.41, 5.74) is 2.62. The van der Waals surface area contributed by atoms with Crippen molar-refractivity contribution in [3.63, 3.8) is 0 Å². The number of piperidine rings is 1. The van der Waals surface area contributed by atoms with Gasteiger partial charge in [-0.3, -0.25) is 4.72 Å². The number of hydrogen-bond donors (Lipinski definition) is 3. The van der Waals surface area contributed by atoms with Gasteiger partial charge < -0.3 is 24.8 Å². The van der Waals surface area contributed by atoms with E-state index in [1.165, 1.54) is 16.5 Å². The van der Waals surface area contributed by atoms with E-state index >= 15 is 0 Å². The number of nitrogens with one attached hydrogen (secondary N) is 3. The Morgan fingerprint density at radius 3 is 2.55 bits per heavy atom. The van der Waals surface area contributed by atoms with E-state index in [0.29, 0.717) is 24.4 Å². The number of methoxy groups -OCH3 is 1. The predicted octanol–water partition coefficient (Wildman–Crippen LogP) is 5.42. The standard InChI is InChI=1S/C28H34F3N5OS/c1-32-38-24-10-8-21(9-11-24)33-14-4-5-23-19-25-26(6-3-7-27(25)36(23)20-28(29,30)31)34-22-12-15-35(16-13-22)17-18-37-2/h3,6-11,19,22,32-34H,12-18,20H2,1-2H3. The molecule has 1 saturated heterocycles. The number of rotatable bonds is 10. The predicted molar refractivity (Wildman–Crippen MR) is 150 cm³/mol. The van der Waals surface area contributed by atoms with Gasteiger partial charge in [-0.25, -0.2) is 0 Å². The Labute approximate surface area is 226 Å². The summed E-state index contributed by atoms with van der Waals surface area (Å²) < 4.78 is 50.0. The largest absolute Gasteiger partial charge is 0.406 e. The quantitative estimate of drug-likeness (QED) is 0.234. The topological polar surface area (TPSA) is 53.5 Å². The van der Waals surface area contributed by atoms with Crippen molar-refractivity contribution in [3.8, 4) is 11.8 Å². The van der Waals surface area contributed by atoms with E-state index in [-0.39, 0.29) is 6.04 Å². The summed E-state index contributed by atoms with van der Waals surface area (Å²) in [6, 6.07) is 15.4. The Hall–Kier alpha value is -2.84. The summed E-state index contributed by atoms with van der Waals surface area (Å²) in [6.07, 6.45) is -2.42. The van der Waals surface area contributed by atoms with Gasteiger partial charge in [0.2, 0.25) is 0 Å². The minimum Gasteiger partial charge on any atom is -0.383 e. The molecule has 2 aromatic carbocycles. The van der Waals surface area contributed by atoms with Gasteiger partial charge in [0.15, 0.2) is 0 Å². The van der Waals surface area contributed by atoms with E-state index in [9.17, 15) is 13.2 Å². The highest BCUT2D eigenvalue weighted by molar-refractivity contribution is 7.97. The van der Waals surface area contributed by atoms with Crippen molar-refractivity contribution >= 4 is 34.2 Å². The molecule has 3 N–H and O–H groups in total. The monoisotopic (exact) mass is 545 g/mol. The second-order valence-electron chi connectivity index (χ2n) is 9.21. The van der Waals surface area contributed by atoms with Crippen LogP contribution < -0.4 is 15.4 Å².